The summed E-state index contributed by atoms with van der Waals surface area (Å²) in [5.74, 6) is -0.221. The van der Waals surface area contributed by atoms with E-state index < -0.39 is 0 Å². The van der Waals surface area contributed by atoms with Gasteiger partial charge in [-0.1, -0.05) is 0 Å². The van der Waals surface area contributed by atoms with E-state index in [0.717, 1.165) is 25.9 Å². The van der Waals surface area contributed by atoms with E-state index in [9.17, 15) is 9.59 Å². The van der Waals surface area contributed by atoms with Crippen LogP contribution in [0.25, 0.3) is 0 Å². The summed E-state index contributed by atoms with van der Waals surface area (Å²) in [4.78, 5) is 23.2. The van der Waals surface area contributed by atoms with E-state index in [1.54, 1.807) is 0 Å². The summed E-state index contributed by atoms with van der Waals surface area (Å²) in [7, 11) is 2.03. The number of carbonyl (C=O) groups is 2. The van der Waals surface area contributed by atoms with Crippen LogP contribution < -0.4 is 0 Å². The van der Waals surface area contributed by atoms with Crippen LogP contribution in [0, 0.1) is 5.92 Å². The molecule has 0 amide bonds. The summed E-state index contributed by atoms with van der Waals surface area (Å²) >= 11 is 0. The summed E-state index contributed by atoms with van der Waals surface area (Å²) in [5, 5.41) is 0. The predicted octanol–water partition coefficient (Wildman–Crippen LogP) is 0.0962. The third-order valence-corrected chi connectivity index (χ3v) is 2.24. The van der Waals surface area contributed by atoms with Crippen LogP contribution in [0.5, 0.6) is 0 Å². The summed E-state index contributed by atoms with van der Waals surface area (Å²) in [6.07, 6.45) is 2.14. The zero-order chi connectivity index (χ0) is 8.27. The molecule has 1 aliphatic heterocycles. The van der Waals surface area contributed by atoms with Crippen LogP contribution in [-0.4, -0.2) is 37.1 Å². The standard InChI is InChI=1S/C8H13NO2/c1-9-4-2-7(3-5-9)8(11)6-10/h6-7H,2-5H2,1H3. The van der Waals surface area contributed by atoms with Gasteiger partial charge in [0.15, 0.2) is 12.1 Å². The lowest BCUT2D eigenvalue weighted by atomic mass is 9.93. The lowest BCUT2D eigenvalue weighted by Gasteiger charge is -2.26. The summed E-state index contributed by atoms with van der Waals surface area (Å²) in [6.45, 7) is 1.87. The Morgan fingerprint density at radius 3 is 2.45 bits per heavy atom. The molecule has 0 atom stereocenters. The van der Waals surface area contributed by atoms with Gasteiger partial charge in [0.2, 0.25) is 0 Å². The molecule has 0 unspecified atom stereocenters. The number of aldehydes is 1. The largest absolute Gasteiger partial charge is 0.306 e. The molecule has 11 heavy (non-hydrogen) atoms. The van der Waals surface area contributed by atoms with Crippen molar-refractivity contribution >= 4 is 12.1 Å². The highest BCUT2D eigenvalue weighted by Crippen LogP contribution is 2.15. The maximum atomic E-state index is 10.9. The second-order valence-electron chi connectivity index (χ2n) is 3.10. The fourth-order valence-electron chi connectivity index (χ4n) is 1.39. The maximum absolute atomic E-state index is 10.9. The van der Waals surface area contributed by atoms with E-state index in [-0.39, 0.29) is 11.7 Å². The Labute approximate surface area is 66.4 Å². The number of ketones is 1. The molecule has 1 heterocycles. The van der Waals surface area contributed by atoms with Gasteiger partial charge in [-0.25, -0.2) is 0 Å². The predicted molar refractivity (Wildman–Crippen MR) is 41.3 cm³/mol. The van der Waals surface area contributed by atoms with Gasteiger partial charge in [-0.2, -0.15) is 0 Å². The van der Waals surface area contributed by atoms with Gasteiger partial charge in [0.1, 0.15) is 0 Å². The average Bonchev–Trinajstić information content (AvgIpc) is 2.05. The molecule has 0 spiro atoms. The number of hydrogen-bond donors (Lipinski definition) is 0. The molecule has 3 heteroatoms. The summed E-state index contributed by atoms with van der Waals surface area (Å²) < 4.78 is 0. The van der Waals surface area contributed by atoms with Crippen LogP contribution >= 0.6 is 0 Å². The highest BCUT2D eigenvalue weighted by atomic mass is 16.2. The van der Waals surface area contributed by atoms with Gasteiger partial charge in [-0.3, -0.25) is 9.59 Å². The van der Waals surface area contributed by atoms with E-state index in [1.807, 2.05) is 7.05 Å². The second-order valence-corrected chi connectivity index (χ2v) is 3.10. The Bertz CT molecular complexity index is 159. The van der Waals surface area contributed by atoms with Crippen molar-refractivity contribution in [2.24, 2.45) is 5.92 Å². The molecule has 0 aliphatic carbocycles. The normalized spacial score (nSPS) is 21.5. The first-order valence-electron chi connectivity index (χ1n) is 3.91. The van der Waals surface area contributed by atoms with E-state index in [1.165, 1.54) is 0 Å². The van der Waals surface area contributed by atoms with Gasteiger partial charge in [-0.05, 0) is 33.0 Å². The Hall–Kier alpha value is -0.700. The Kier molecular flexibility index (Phi) is 2.76. The van der Waals surface area contributed by atoms with Crippen molar-refractivity contribution in [1.29, 1.82) is 0 Å². The number of piperidine rings is 1. The van der Waals surface area contributed by atoms with Gasteiger partial charge in [0.25, 0.3) is 0 Å². The number of carbonyl (C=O) groups excluding carboxylic acids is 2. The van der Waals surface area contributed by atoms with Crippen LogP contribution in [0.1, 0.15) is 12.8 Å². The SMILES string of the molecule is CN1CCC(C(=O)C=O)CC1. The zero-order valence-corrected chi connectivity index (χ0v) is 6.75. The molecule has 1 rings (SSSR count). The van der Waals surface area contributed by atoms with Gasteiger partial charge in [0.05, 0.1) is 0 Å². The molecule has 1 fully saturated rings. The number of Topliss-reactive ketones (excluding diaryl/α,β-unsaturated/α-hetero) is 1. The van der Waals surface area contributed by atoms with E-state index >= 15 is 0 Å². The average molecular weight is 155 g/mol. The van der Waals surface area contributed by atoms with Crippen molar-refractivity contribution < 1.29 is 9.59 Å². The van der Waals surface area contributed by atoms with E-state index in [4.69, 9.17) is 0 Å². The quantitative estimate of drug-likeness (QED) is 0.419. The molecule has 1 saturated heterocycles. The lowest BCUT2D eigenvalue weighted by Crippen LogP contribution is -2.33. The highest BCUT2D eigenvalue weighted by molar-refractivity contribution is 6.25. The third kappa shape index (κ3) is 2.12. The molecule has 0 saturated carbocycles. The highest BCUT2D eigenvalue weighted by Gasteiger charge is 2.22. The molecule has 0 radical (unpaired) electrons. The minimum absolute atomic E-state index is 0.00343. The summed E-state index contributed by atoms with van der Waals surface area (Å²) in [6, 6.07) is 0. The molecule has 1 aliphatic rings. The molecule has 0 aromatic heterocycles. The van der Waals surface area contributed by atoms with Crippen molar-refractivity contribution in [3.8, 4) is 0 Å². The number of rotatable bonds is 2. The first-order valence-corrected chi connectivity index (χ1v) is 3.91. The molecule has 62 valence electrons. The van der Waals surface area contributed by atoms with E-state index in [0.29, 0.717) is 6.29 Å². The van der Waals surface area contributed by atoms with Crippen LogP contribution in [-0.2, 0) is 9.59 Å². The second kappa shape index (κ2) is 3.62. The minimum Gasteiger partial charge on any atom is -0.306 e. The third-order valence-electron chi connectivity index (χ3n) is 2.24. The molecule has 0 aromatic rings. The number of hydrogen-bond acceptors (Lipinski definition) is 3. The topological polar surface area (TPSA) is 37.4 Å². The van der Waals surface area contributed by atoms with Gasteiger partial charge >= 0.3 is 0 Å². The van der Waals surface area contributed by atoms with E-state index in [2.05, 4.69) is 4.90 Å². The fourth-order valence-corrected chi connectivity index (χ4v) is 1.39. The molecule has 0 bridgehead atoms. The first kappa shape index (κ1) is 8.40. The smallest absolute Gasteiger partial charge is 0.198 e. The zero-order valence-electron chi connectivity index (χ0n) is 6.75. The molecular weight excluding hydrogens is 142 g/mol. The monoisotopic (exact) mass is 155 g/mol. The van der Waals surface area contributed by atoms with Crippen LogP contribution in [0.4, 0.5) is 0 Å². The summed E-state index contributed by atoms with van der Waals surface area (Å²) in [5.41, 5.74) is 0. The lowest BCUT2D eigenvalue weighted by molar-refractivity contribution is -0.133. The van der Waals surface area contributed by atoms with Crippen molar-refractivity contribution in [1.82, 2.24) is 4.90 Å². The van der Waals surface area contributed by atoms with Crippen molar-refractivity contribution in [3.63, 3.8) is 0 Å². The Morgan fingerprint density at radius 1 is 1.45 bits per heavy atom. The van der Waals surface area contributed by atoms with Crippen molar-refractivity contribution in [2.75, 3.05) is 20.1 Å². The number of nitrogens with zero attached hydrogens (tertiary/aromatic N) is 1. The molecule has 0 N–H and O–H groups in total. The van der Waals surface area contributed by atoms with Crippen LogP contribution in [0.2, 0.25) is 0 Å². The van der Waals surface area contributed by atoms with Crippen LogP contribution in [0.3, 0.4) is 0 Å². The Morgan fingerprint density at radius 2 is 2.00 bits per heavy atom. The fraction of sp³-hybridized carbons (Fsp3) is 0.750. The number of likely N-dealkylation sites (tertiary alicyclic amines) is 1. The van der Waals surface area contributed by atoms with Crippen molar-refractivity contribution in [3.05, 3.63) is 0 Å². The van der Waals surface area contributed by atoms with Gasteiger partial charge < -0.3 is 4.90 Å². The van der Waals surface area contributed by atoms with Crippen LogP contribution in [0.15, 0.2) is 0 Å². The van der Waals surface area contributed by atoms with Crippen molar-refractivity contribution in [2.45, 2.75) is 12.8 Å². The minimum atomic E-state index is -0.224. The Balaban J connectivity index is 2.38. The first-order chi connectivity index (χ1) is 5.24. The molecule has 3 nitrogen and oxygen atoms in total. The molecule has 0 aromatic carbocycles. The van der Waals surface area contributed by atoms with Gasteiger partial charge in [-0.15, -0.1) is 0 Å². The van der Waals surface area contributed by atoms with Gasteiger partial charge in [0, 0.05) is 5.92 Å². The molecular formula is C8H13NO2. The maximum Gasteiger partial charge on any atom is 0.198 e.